The van der Waals surface area contributed by atoms with Gasteiger partial charge >= 0.3 is 6.03 Å². The van der Waals surface area contributed by atoms with Gasteiger partial charge in [-0.1, -0.05) is 23.7 Å². The average Bonchev–Trinajstić information content (AvgIpc) is 3.61. The predicted octanol–water partition coefficient (Wildman–Crippen LogP) is 5.14. The van der Waals surface area contributed by atoms with Gasteiger partial charge < -0.3 is 19.9 Å². The zero-order valence-electron chi connectivity index (χ0n) is 21.1. The third kappa shape index (κ3) is 4.51. The average molecular weight is 552 g/mol. The summed E-state index contributed by atoms with van der Waals surface area (Å²) in [6.07, 6.45) is 6.83. The summed E-state index contributed by atoms with van der Waals surface area (Å²) >= 11 is 6.24. The van der Waals surface area contributed by atoms with Crippen LogP contribution in [0.5, 0.6) is 0 Å². The molecule has 0 spiro atoms. The molecule has 5 aromatic heterocycles. The summed E-state index contributed by atoms with van der Waals surface area (Å²) < 4.78 is 5.33. The first-order chi connectivity index (χ1) is 19.6. The minimum Gasteiger partial charge on any atom is -0.378 e. The van der Waals surface area contributed by atoms with Crippen LogP contribution in [0.1, 0.15) is 0 Å². The molecule has 0 atom stereocenters. The van der Waals surface area contributed by atoms with Crippen molar-refractivity contribution in [2.45, 2.75) is 0 Å². The van der Waals surface area contributed by atoms with Gasteiger partial charge in [-0.15, -0.1) is 0 Å². The highest BCUT2D eigenvalue weighted by atomic mass is 35.5. The van der Waals surface area contributed by atoms with E-state index in [9.17, 15) is 4.79 Å². The molecule has 12 heteroatoms. The van der Waals surface area contributed by atoms with Crippen LogP contribution in [0.25, 0.3) is 56.0 Å². The molecule has 1 aliphatic heterocycles. The zero-order chi connectivity index (χ0) is 27.1. The number of hydrogen-bond donors (Lipinski definition) is 3. The Morgan fingerprint density at radius 1 is 0.975 bits per heavy atom. The zero-order valence-corrected chi connectivity index (χ0v) is 21.8. The number of hydrogen-bond acceptors (Lipinski definition) is 7. The number of urea groups is 1. The number of rotatable bonds is 4. The maximum Gasteiger partial charge on any atom is 0.322 e. The Labute approximate surface area is 232 Å². The summed E-state index contributed by atoms with van der Waals surface area (Å²) in [7, 11) is 0. The van der Waals surface area contributed by atoms with E-state index < -0.39 is 0 Å². The van der Waals surface area contributed by atoms with Gasteiger partial charge in [-0.2, -0.15) is 5.10 Å². The Kier molecular flexibility index (Phi) is 6.06. The molecule has 0 bridgehead atoms. The minimum absolute atomic E-state index is 0.177. The highest BCUT2D eigenvalue weighted by molar-refractivity contribution is 6.30. The van der Waals surface area contributed by atoms with Gasteiger partial charge in [0.1, 0.15) is 11.2 Å². The number of carbonyl (C=O) groups is 1. The molecule has 3 N–H and O–H groups in total. The number of imidazole rings is 1. The van der Waals surface area contributed by atoms with E-state index in [1.54, 1.807) is 29.7 Å². The van der Waals surface area contributed by atoms with Gasteiger partial charge in [-0.3, -0.25) is 10.1 Å². The summed E-state index contributed by atoms with van der Waals surface area (Å²) in [4.78, 5) is 35.9. The van der Waals surface area contributed by atoms with E-state index in [4.69, 9.17) is 21.3 Å². The van der Waals surface area contributed by atoms with Gasteiger partial charge in [-0.05, 0) is 35.9 Å². The van der Waals surface area contributed by atoms with E-state index in [-0.39, 0.29) is 6.03 Å². The number of halogens is 1. The second kappa shape index (κ2) is 10.0. The molecule has 7 rings (SSSR count). The van der Waals surface area contributed by atoms with Crippen LogP contribution in [-0.4, -0.2) is 72.4 Å². The van der Waals surface area contributed by atoms with Gasteiger partial charge in [0.25, 0.3) is 0 Å². The Morgan fingerprint density at radius 3 is 2.73 bits per heavy atom. The number of fused-ring (bicyclic) bond motifs is 2. The molecule has 40 heavy (non-hydrogen) atoms. The fourth-order valence-corrected chi connectivity index (χ4v) is 4.98. The highest BCUT2D eigenvalue weighted by Gasteiger charge is 2.19. The number of pyridine rings is 3. The van der Waals surface area contributed by atoms with Gasteiger partial charge in [0, 0.05) is 53.4 Å². The fraction of sp³-hybridized carbons (Fsp3) is 0.143. The minimum atomic E-state index is -0.177. The number of ether oxygens (including phenoxy) is 1. The molecular weight excluding hydrogens is 530 g/mol. The molecule has 0 radical (unpaired) electrons. The number of anilines is 1. The summed E-state index contributed by atoms with van der Waals surface area (Å²) in [5, 5.41) is 11.8. The van der Waals surface area contributed by atoms with Crippen LogP contribution in [-0.2, 0) is 4.74 Å². The van der Waals surface area contributed by atoms with Crippen molar-refractivity contribution in [3.63, 3.8) is 0 Å². The SMILES string of the molecule is O=C(Nc1cncc(-c2cnc3[nH]nc(-c4nc5c(-c6cccc(Cl)c6)ccnc5[nH]4)c3c2)c1)N1CCOCC1. The van der Waals surface area contributed by atoms with Crippen molar-refractivity contribution in [1.29, 1.82) is 0 Å². The second-order valence-corrected chi connectivity index (χ2v) is 9.77. The number of amides is 2. The summed E-state index contributed by atoms with van der Waals surface area (Å²) in [6, 6.07) is 13.2. The van der Waals surface area contributed by atoms with E-state index in [0.29, 0.717) is 65.3 Å². The smallest absolute Gasteiger partial charge is 0.322 e. The summed E-state index contributed by atoms with van der Waals surface area (Å²) in [6.45, 7) is 2.18. The van der Waals surface area contributed by atoms with Crippen LogP contribution >= 0.6 is 11.6 Å². The molecule has 6 heterocycles. The van der Waals surface area contributed by atoms with Crippen LogP contribution in [0, 0.1) is 0 Å². The standard InChI is InChI=1S/C28H22ClN9O2/c29-19-3-1-2-16(10-19)21-4-5-31-26-23(21)34-27(35-26)24-22-12-18(14-32-25(22)37-36-24)17-11-20(15-30-13-17)33-28(39)38-6-8-40-9-7-38/h1-5,10-15H,6-9H2,(H,33,39)(H,31,34,35)(H,32,36,37). The molecule has 0 saturated carbocycles. The van der Waals surface area contributed by atoms with E-state index in [1.165, 1.54) is 0 Å². The van der Waals surface area contributed by atoms with Crippen LogP contribution < -0.4 is 5.32 Å². The molecule has 1 fully saturated rings. The Morgan fingerprint density at radius 2 is 1.85 bits per heavy atom. The molecule has 1 saturated heterocycles. The van der Waals surface area contributed by atoms with Crippen molar-refractivity contribution in [1.82, 2.24) is 40.0 Å². The van der Waals surface area contributed by atoms with E-state index in [1.807, 2.05) is 42.5 Å². The van der Waals surface area contributed by atoms with Crippen LogP contribution in [0.4, 0.5) is 10.5 Å². The number of nitrogens with zero attached hydrogens (tertiary/aromatic N) is 6. The molecule has 0 unspecified atom stereocenters. The molecule has 0 aliphatic carbocycles. The summed E-state index contributed by atoms with van der Waals surface area (Å²) in [5.74, 6) is 0.562. The molecular formula is C28H22ClN9O2. The lowest BCUT2D eigenvalue weighted by Gasteiger charge is -2.26. The van der Waals surface area contributed by atoms with E-state index in [0.717, 1.165) is 27.6 Å². The van der Waals surface area contributed by atoms with Crippen molar-refractivity contribution >= 4 is 45.5 Å². The Hall–Kier alpha value is -4.87. The Balaban J connectivity index is 1.23. The van der Waals surface area contributed by atoms with Crippen molar-refractivity contribution in [2.24, 2.45) is 0 Å². The number of aromatic amines is 2. The van der Waals surface area contributed by atoms with Gasteiger partial charge in [0.2, 0.25) is 0 Å². The first kappa shape index (κ1) is 24.2. The van der Waals surface area contributed by atoms with Crippen LogP contribution in [0.15, 0.2) is 67.3 Å². The number of H-pyrrole nitrogens is 2. The number of benzene rings is 1. The molecule has 2 amide bonds. The topological polar surface area (TPSA) is 138 Å². The van der Waals surface area contributed by atoms with Crippen LogP contribution in [0.2, 0.25) is 5.02 Å². The fourth-order valence-electron chi connectivity index (χ4n) is 4.79. The molecule has 11 nitrogen and oxygen atoms in total. The maximum atomic E-state index is 12.6. The first-order valence-electron chi connectivity index (χ1n) is 12.7. The summed E-state index contributed by atoms with van der Waals surface area (Å²) in [5.41, 5.74) is 6.66. The first-order valence-corrected chi connectivity index (χ1v) is 13.0. The number of nitrogens with one attached hydrogen (secondary N) is 3. The van der Waals surface area contributed by atoms with Crippen molar-refractivity contribution in [3.8, 4) is 33.8 Å². The van der Waals surface area contributed by atoms with Crippen LogP contribution in [0.3, 0.4) is 0 Å². The van der Waals surface area contributed by atoms with Gasteiger partial charge in [0.15, 0.2) is 17.1 Å². The van der Waals surface area contributed by atoms with Gasteiger partial charge in [0.05, 0.1) is 30.5 Å². The predicted molar refractivity (Wildman–Crippen MR) is 152 cm³/mol. The lowest BCUT2D eigenvalue weighted by molar-refractivity contribution is 0.0564. The normalized spacial score (nSPS) is 13.7. The van der Waals surface area contributed by atoms with Crippen molar-refractivity contribution in [3.05, 3.63) is 72.3 Å². The molecule has 6 aromatic rings. The third-order valence-electron chi connectivity index (χ3n) is 6.78. The molecule has 198 valence electrons. The van der Waals surface area contributed by atoms with E-state index in [2.05, 4.69) is 35.5 Å². The molecule has 1 aliphatic rings. The lowest BCUT2D eigenvalue weighted by atomic mass is 10.1. The largest absolute Gasteiger partial charge is 0.378 e. The highest BCUT2D eigenvalue weighted by Crippen LogP contribution is 2.32. The number of morpholine rings is 1. The second-order valence-electron chi connectivity index (χ2n) is 9.34. The van der Waals surface area contributed by atoms with Gasteiger partial charge in [-0.25, -0.2) is 19.7 Å². The monoisotopic (exact) mass is 551 g/mol. The Bertz CT molecular complexity index is 1880. The maximum absolute atomic E-state index is 12.6. The quantitative estimate of drug-likeness (QED) is 0.276. The van der Waals surface area contributed by atoms with Crippen molar-refractivity contribution < 1.29 is 9.53 Å². The molecule has 1 aromatic carbocycles. The van der Waals surface area contributed by atoms with E-state index >= 15 is 0 Å². The number of aromatic nitrogens is 7. The van der Waals surface area contributed by atoms with Crippen molar-refractivity contribution in [2.75, 3.05) is 31.6 Å². The lowest BCUT2D eigenvalue weighted by Crippen LogP contribution is -2.43. The number of carbonyl (C=O) groups excluding carboxylic acids is 1. The third-order valence-corrected chi connectivity index (χ3v) is 7.02.